The van der Waals surface area contributed by atoms with E-state index in [0.717, 1.165) is 30.1 Å². The van der Waals surface area contributed by atoms with Gasteiger partial charge in [0, 0.05) is 30.8 Å². The third kappa shape index (κ3) is 4.72. The SMILES string of the molecule is COc1ccc(N2CCOCC2)c(NC(=O)C=Cc2ccc(-c3ccccc3)o2)c1. The van der Waals surface area contributed by atoms with E-state index in [1.165, 1.54) is 6.08 Å². The molecule has 1 aliphatic heterocycles. The second-order valence-electron chi connectivity index (χ2n) is 6.87. The van der Waals surface area contributed by atoms with E-state index < -0.39 is 0 Å². The fraction of sp³-hybridized carbons (Fsp3) is 0.208. The first-order chi connectivity index (χ1) is 14.7. The number of methoxy groups -OCH3 is 1. The van der Waals surface area contributed by atoms with Crippen LogP contribution in [-0.4, -0.2) is 39.3 Å². The van der Waals surface area contributed by atoms with Crippen molar-refractivity contribution < 1.29 is 18.7 Å². The molecule has 0 spiro atoms. The van der Waals surface area contributed by atoms with Crippen LogP contribution in [0.4, 0.5) is 11.4 Å². The fourth-order valence-electron chi connectivity index (χ4n) is 3.35. The van der Waals surface area contributed by atoms with Gasteiger partial charge in [-0.05, 0) is 30.3 Å². The molecule has 0 unspecified atom stereocenters. The van der Waals surface area contributed by atoms with Crippen LogP contribution in [0.25, 0.3) is 17.4 Å². The van der Waals surface area contributed by atoms with Crippen molar-refractivity contribution >= 4 is 23.4 Å². The Kier molecular flexibility index (Phi) is 6.15. The Hall–Kier alpha value is -3.51. The number of nitrogens with one attached hydrogen (secondary N) is 1. The summed E-state index contributed by atoms with van der Waals surface area (Å²) in [7, 11) is 1.61. The van der Waals surface area contributed by atoms with Crippen LogP contribution in [0.5, 0.6) is 5.75 Å². The minimum atomic E-state index is -0.240. The van der Waals surface area contributed by atoms with Gasteiger partial charge in [0.05, 0.1) is 31.7 Å². The standard InChI is InChI=1S/C24H24N2O4/c1-28-20-7-10-22(26-13-15-29-16-14-26)21(17-20)25-24(27)12-9-19-8-11-23(30-19)18-5-3-2-4-6-18/h2-12,17H,13-16H2,1H3,(H,25,27). The Morgan fingerprint density at radius 3 is 2.63 bits per heavy atom. The molecular weight excluding hydrogens is 380 g/mol. The van der Waals surface area contributed by atoms with Crippen molar-refractivity contribution in [2.75, 3.05) is 43.6 Å². The van der Waals surface area contributed by atoms with Crippen molar-refractivity contribution in [2.45, 2.75) is 0 Å². The first-order valence-corrected chi connectivity index (χ1v) is 9.88. The van der Waals surface area contributed by atoms with Crippen LogP contribution in [0.3, 0.4) is 0 Å². The molecule has 154 valence electrons. The van der Waals surface area contributed by atoms with Gasteiger partial charge in [0.1, 0.15) is 17.3 Å². The second kappa shape index (κ2) is 9.33. The number of morpholine rings is 1. The van der Waals surface area contributed by atoms with Crippen LogP contribution < -0.4 is 15.0 Å². The molecule has 2 heterocycles. The van der Waals surface area contributed by atoms with Gasteiger partial charge in [0.2, 0.25) is 5.91 Å². The first-order valence-electron chi connectivity index (χ1n) is 9.88. The zero-order valence-electron chi connectivity index (χ0n) is 16.8. The second-order valence-corrected chi connectivity index (χ2v) is 6.87. The number of benzene rings is 2. The summed E-state index contributed by atoms with van der Waals surface area (Å²) in [5.74, 6) is 1.82. The molecule has 1 fully saturated rings. The quantitative estimate of drug-likeness (QED) is 0.615. The lowest BCUT2D eigenvalue weighted by Gasteiger charge is -2.30. The number of ether oxygens (including phenoxy) is 2. The number of carbonyl (C=O) groups excluding carboxylic acids is 1. The van der Waals surface area contributed by atoms with Crippen LogP contribution in [0, 0.1) is 0 Å². The maximum Gasteiger partial charge on any atom is 0.248 e. The van der Waals surface area contributed by atoms with Crippen LogP contribution in [-0.2, 0) is 9.53 Å². The summed E-state index contributed by atoms with van der Waals surface area (Å²) < 4.78 is 16.6. The Labute approximate surface area is 175 Å². The third-order valence-corrected chi connectivity index (χ3v) is 4.90. The Balaban J connectivity index is 1.48. The zero-order valence-corrected chi connectivity index (χ0v) is 16.8. The van der Waals surface area contributed by atoms with Gasteiger partial charge < -0.3 is 24.1 Å². The fourth-order valence-corrected chi connectivity index (χ4v) is 3.35. The van der Waals surface area contributed by atoms with Gasteiger partial charge in [0.25, 0.3) is 0 Å². The number of hydrogen-bond donors (Lipinski definition) is 1. The molecule has 1 N–H and O–H groups in total. The number of amides is 1. The van der Waals surface area contributed by atoms with Gasteiger partial charge in [-0.15, -0.1) is 0 Å². The predicted octanol–water partition coefficient (Wildman–Crippen LogP) is 4.44. The summed E-state index contributed by atoms with van der Waals surface area (Å²) in [5, 5.41) is 2.96. The van der Waals surface area contributed by atoms with Crippen LogP contribution in [0.2, 0.25) is 0 Å². The van der Waals surface area contributed by atoms with E-state index >= 15 is 0 Å². The number of nitrogens with zero attached hydrogens (tertiary/aromatic N) is 1. The van der Waals surface area contributed by atoms with Gasteiger partial charge >= 0.3 is 0 Å². The van der Waals surface area contributed by atoms with Crippen molar-refractivity contribution in [1.82, 2.24) is 0 Å². The molecule has 0 bridgehead atoms. The van der Waals surface area contributed by atoms with E-state index in [9.17, 15) is 4.79 Å². The van der Waals surface area contributed by atoms with E-state index in [2.05, 4.69) is 10.2 Å². The normalized spacial score (nSPS) is 14.1. The van der Waals surface area contributed by atoms with E-state index in [0.29, 0.717) is 30.4 Å². The summed E-state index contributed by atoms with van der Waals surface area (Å²) in [6, 6.07) is 19.3. The molecule has 6 nitrogen and oxygen atoms in total. The number of rotatable bonds is 6. The van der Waals surface area contributed by atoms with Gasteiger partial charge in [-0.2, -0.15) is 0 Å². The van der Waals surface area contributed by atoms with Crippen molar-refractivity contribution in [2.24, 2.45) is 0 Å². The molecule has 1 amide bonds. The third-order valence-electron chi connectivity index (χ3n) is 4.90. The van der Waals surface area contributed by atoms with E-state index in [4.69, 9.17) is 13.9 Å². The molecule has 1 saturated heterocycles. The van der Waals surface area contributed by atoms with E-state index in [1.807, 2.05) is 60.7 Å². The van der Waals surface area contributed by atoms with E-state index in [-0.39, 0.29) is 5.91 Å². The predicted molar refractivity (Wildman–Crippen MR) is 118 cm³/mol. The Morgan fingerprint density at radius 1 is 1.07 bits per heavy atom. The van der Waals surface area contributed by atoms with Gasteiger partial charge in [0.15, 0.2) is 0 Å². The van der Waals surface area contributed by atoms with Crippen LogP contribution in [0.15, 0.2) is 71.2 Å². The van der Waals surface area contributed by atoms with Crippen molar-refractivity contribution in [3.8, 4) is 17.1 Å². The van der Waals surface area contributed by atoms with Crippen LogP contribution >= 0.6 is 0 Å². The Bertz CT molecular complexity index is 1020. The molecule has 1 aromatic heterocycles. The molecular formula is C24H24N2O4. The van der Waals surface area contributed by atoms with Gasteiger partial charge in [-0.3, -0.25) is 4.79 Å². The van der Waals surface area contributed by atoms with E-state index in [1.54, 1.807) is 13.2 Å². The molecule has 0 atom stereocenters. The minimum Gasteiger partial charge on any atom is -0.497 e. The summed E-state index contributed by atoms with van der Waals surface area (Å²) >= 11 is 0. The maximum atomic E-state index is 12.6. The largest absolute Gasteiger partial charge is 0.497 e. The highest BCUT2D eigenvalue weighted by Gasteiger charge is 2.16. The lowest BCUT2D eigenvalue weighted by atomic mass is 10.2. The molecule has 0 saturated carbocycles. The summed E-state index contributed by atoms with van der Waals surface area (Å²) in [4.78, 5) is 14.8. The highest BCUT2D eigenvalue weighted by Crippen LogP contribution is 2.31. The lowest BCUT2D eigenvalue weighted by Crippen LogP contribution is -2.36. The Morgan fingerprint density at radius 2 is 1.87 bits per heavy atom. The first kappa shape index (κ1) is 19.8. The van der Waals surface area contributed by atoms with Gasteiger partial charge in [-0.25, -0.2) is 0 Å². The summed E-state index contributed by atoms with van der Waals surface area (Å²) in [6.45, 7) is 2.89. The minimum absolute atomic E-state index is 0.240. The smallest absolute Gasteiger partial charge is 0.248 e. The summed E-state index contributed by atoms with van der Waals surface area (Å²) in [5.41, 5.74) is 2.65. The maximum absolute atomic E-state index is 12.6. The average Bonchev–Trinajstić information content (AvgIpc) is 3.28. The molecule has 0 aliphatic carbocycles. The zero-order chi connectivity index (χ0) is 20.8. The number of anilines is 2. The molecule has 0 radical (unpaired) electrons. The molecule has 30 heavy (non-hydrogen) atoms. The van der Waals surface area contributed by atoms with Crippen molar-refractivity contribution in [3.05, 3.63) is 72.5 Å². The average molecular weight is 404 g/mol. The monoisotopic (exact) mass is 404 g/mol. The highest BCUT2D eigenvalue weighted by atomic mass is 16.5. The molecule has 2 aromatic carbocycles. The molecule has 3 aromatic rings. The van der Waals surface area contributed by atoms with Crippen molar-refractivity contribution in [1.29, 1.82) is 0 Å². The lowest BCUT2D eigenvalue weighted by molar-refractivity contribution is -0.111. The van der Waals surface area contributed by atoms with Crippen molar-refractivity contribution in [3.63, 3.8) is 0 Å². The van der Waals surface area contributed by atoms with Crippen LogP contribution in [0.1, 0.15) is 5.76 Å². The van der Waals surface area contributed by atoms with Gasteiger partial charge in [-0.1, -0.05) is 30.3 Å². The number of furan rings is 1. The molecule has 4 rings (SSSR count). The summed E-state index contributed by atoms with van der Waals surface area (Å²) in [6.07, 6.45) is 3.13. The topological polar surface area (TPSA) is 63.9 Å². The molecule has 1 aliphatic rings. The number of hydrogen-bond acceptors (Lipinski definition) is 5. The molecule has 6 heteroatoms. The number of carbonyl (C=O) groups is 1. The highest BCUT2D eigenvalue weighted by molar-refractivity contribution is 6.03.